The molecule has 4 nitrogen and oxygen atoms in total. The van der Waals surface area contributed by atoms with E-state index >= 15 is 0 Å². The second kappa shape index (κ2) is 11.2. The Labute approximate surface area is 299 Å². The average molecular weight is 663 g/mol. The zero-order chi connectivity index (χ0) is 34.2. The van der Waals surface area contributed by atoms with Gasteiger partial charge in [0.15, 0.2) is 0 Å². The largest absolute Gasteiger partial charge is 0.309 e. The van der Waals surface area contributed by atoms with Crippen LogP contribution in [0.2, 0.25) is 0 Å². The number of benzene rings is 8. The fourth-order valence-electron chi connectivity index (χ4n) is 8.09. The van der Waals surface area contributed by atoms with Crippen LogP contribution < -0.4 is 0 Å². The Bertz CT molecular complexity index is 3170. The monoisotopic (exact) mass is 662 g/mol. The Morgan fingerprint density at radius 3 is 1.65 bits per heavy atom. The van der Waals surface area contributed by atoms with Gasteiger partial charge in [-0.05, 0) is 82.6 Å². The number of hydrogen-bond donors (Lipinski definition) is 0. The Kier molecular flexibility index (Phi) is 6.22. The Balaban J connectivity index is 1.13. The molecule has 0 atom stereocenters. The molecule has 0 aliphatic heterocycles. The van der Waals surface area contributed by atoms with Gasteiger partial charge in [0.2, 0.25) is 5.95 Å². The van der Waals surface area contributed by atoms with Gasteiger partial charge in [0, 0.05) is 38.2 Å². The smallest absolute Gasteiger partial charge is 0.235 e. The minimum atomic E-state index is 0.666. The molecule has 0 N–H and O–H groups in total. The van der Waals surface area contributed by atoms with Gasteiger partial charge in [-0.3, -0.25) is 4.57 Å². The van der Waals surface area contributed by atoms with Gasteiger partial charge in [-0.2, -0.15) is 0 Å². The maximum atomic E-state index is 5.26. The highest BCUT2D eigenvalue weighted by Gasteiger charge is 2.19. The molecule has 0 saturated carbocycles. The standard InChI is InChI=1S/C48H30N4/c1-3-13-31(14-4-1)47-38-20-9-11-21-42(38)49-48(50-47)52-43-22-12-10-19-37(43)39-28-34(24-26-45(39)52)35-23-25-44-40(29-35)41-27-32-15-7-8-16-33(32)30-46(41)51(44)36-17-5-2-6-18-36/h1-30H. The van der Waals surface area contributed by atoms with Crippen molar-refractivity contribution in [3.63, 3.8) is 0 Å². The van der Waals surface area contributed by atoms with Gasteiger partial charge in [-0.25, -0.2) is 9.97 Å². The first-order chi connectivity index (χ1) is 25.8. The van der Waals surface area contributed by atoms with E-state index in [1.54, 1.807) is 0 Å². The van der Waals surface area contributed by atoms with Crippen LogP contribution in [0.1, 0.15) is 0 Å². The van der Waals surface area contributed by atoms with Gasteiger partial charge in [0.25, 0.3) is 0 Å². The van der Waals surface area contributed by atoms with Crippen molar-refractivity contribution in [3.05, 3.63) is 182 Å². The van der Waals surface area contributed by atoms with Crippen molar-refractivity contribution in [1.82, 2.24) is 19.1 Å². The molecule has 8 aromatic carbocycles. The van der Waals surface area contributed by atoms with Crippen LogP contribution >= 0.6 is 0 Å². The molecule has 0 saturated heterocycles. The lowest BCUT2D eigenvalue weighted by Gasteiger charge is -2.12. The lowest BCUT2D eigenvalue weighted by molar-refractivity contribution is 1.01. The molecule has 0 radical (unpaired) electrons. The zero-order valence-electron chi connectivity index (χ0n) is 28.1. The van der Waals surface area contributed by atoms with Gasteiger partial charge >= 0.3 is 0 Å². The predicted molar refractivity (Wildman–Crippen MR) is 217 cm³/mol. The van der Waals surface area contributed by atoms with E-state index in [-0.39, 0.29) is 0 Å². The van der Waals surface area contributed by atoms with Crippen molar-refractivity contribution in [2.75, 3.05) is 0 Å². The second-order valence-electron chi connectivity index (χ2n) is 13.5. The van der Waals surface area contributed by atoms with E-state index < -0.39 is 0 Å². The summed E-state index contributed by atoms with van der Waals surface area (Å²) in [7, 11) is 0. The molecule has 0 bridgehead atoms. The van der Waals surface area contributed by atoms with Crippen molar-refractivity contribution in [2.24, 2.45) is 0 Å². The Hall–Kier alpha value is -7.04. The third-order valence-electron chi connectivity index (χ3n) is 10.5. The first kappa shape index (κ1) is 28.8. The molecule has 0 unspecified atom stereocenters. The molecule has 3 aromatic heterocycles. The molecule has 11 aromatic rings. The Morgan fingerprint density at radius 2 is 0.885 bits per heavy atom. The summed E-state index contributed by atoms with van der Waals surface area (Å²) in [6.45, 7) is 0. The van der Waals surface area contributed by atoms with E-state index in [1.807, 2.05) is 12.1 Å². The molecule has 0 fully saturated rings. The highest BCUT2D eigenvalue weighted by molar-refractivity contribution is 6.15. The average Bonchev–Trinajstić information content (AvgIpc) is 3.71. The summed E-state index contributed by atoms with van der Waals surface area (Å²) in [6.07, 6.45) is 0. The van der Waals surface area contributed by atoms with Gasteiger partial charge in [0.05, 0.1) is 33.3 Å². The molecular formula is C48H30N4. The molecule has 4 heteroatoms. The summed E-state index contributed by atoms with van der Waals surface area (Å²) in [4.78, 5) is 10.4. The van der Waals surface area contributed by atoms with Crippen LogP contribution in [0.25, 0.3) is 99.3 Å². The number of aromatic nitrogens is 4. The van der Waals surface area contributed by atoms with Crippen LogP contribution in [0, 0.1) is 0 Å². The molecule has 0 aliphatic rings. The first-order valence-corrected chi connectivity index (χ1v) is 17.7. The topological polar surface area (TPSA) is 35.6 Å². The second-order valence-corrected chi connectivity index (χ2v) is 13.5. The normalized spacial score (nSPS) is 11.8. The Morgan fingerprint density at radius 1 is 0.327 bits per heavy atom. The first-order valence-electron chi connectivity index (χ1n) is 17.7. The summed E-state index contributed by atoms with van der Waals surface area (Å²) in [6, 6.07) is 65.0. The maximum absolute atomic E-state index is 5.26. The molecule has 11 rings (SSSR count). The maximum Gasteiger partial charge on any atom is 0.235 e. The van der Waals surface area contributed by atoms with Gasteiger partial charge < -0.3 is 4.57 Å². The van der Waals surface area contributed by atoms with Crippen LogP contribution in [0.3, 0.4) is 0 Å². The number of para-hydroxylation sites is 3. The number of hydrogen-bond acceptors (Lipinski definition) is 2. The van der Waals surface area contributed by atoms with E-state index in [1.165, 1.54) is 54.5 Å². The summed E-state index contributed by atoms with van der Waals surface area (Å²) in [5.41, 5.74) is 11.0. The van der Waals surface area contributed by atoms with Gasteiger partial charge in [-0.15, -0.1) is 0 Å². The summed E-state index contributed by atoms with van der Waals surface area (Å²) in [5, 5.41) is 8.35. The molecule has 52 heavy (non-hydrogen) atoms. The van der Waals surface area contributed by atoms with Crippen LogP contribution in [-0.2, 0) is 0 Å². The lowest BCUT2D eigenvalue weighted by atomic mass is 10.00. The third kappa shape index (κ3) is 4.34. The van der Waals surface area contributed by atoms with Crippen LogP contribution in [-0.4, -0.2) is 19.1 Å². The summed E-state index contributed by atoms with van der Waals surface area (Å²) >= 11 is 0. The van der Waals surface area contributed by atoms with E-state index in [0.29, 0.717) is 5.95 Å². The molecule has 242 valence electrons. The SMILES string of the molecule is c1ccc(-c2nc(-n3c4ccccc4c4cc(-c5ccc6c(c5)c5cc7ccccc7cc5n6-c5ccccc5)ccc43)nc3ccccc23)cc1. The van der Waals surface area contributed by atoms with Crippen LogP contribution in [0.5, 0.6) is 0 Å². The van der Waals surface area contributed by atoms with E-state index in [4.69, 9.17) is 9.97 Å². The number of rotatable bonds is 4. The quantitative estimate of drug-likeness (QED) is 0.188. The fourth-order valence-corrected chi connectivity index (χ4v) is 8.09. The van der Waals surface area contributed by atoms with Crippen molar-refractivity contribution in [3.8, 4) is 34.0 Å². The summed E-state index contributed by atoms with van der Waals surface area (Å²) < 4.78 is 4.61. The summed E-state index contributed by atoms with van der Waals surface area (Å²) in [5.74, 6) is 0.666. The predicted octanol–water partition coefficient (Wildman–Crippen LogP) is 12.3. The lowest BCUT2D eigenvalue weighted by Crippen LogP contribution is -2.03. The molecule has 0 amide bonds. The van der Waals surface area contributed by atoms with E-state index in [9.17, 15) is 0 Å². The van der Waals surface area contributed by atoms with Gasteiger partial charge in [0.1, 0.15) is 0 Å². The highest BCUT2D eigenvalue weighted by Crippen LogP contribution is 2.39. The van der Waals surface area contributed by atoms with E-state index in [2.05, 4.69) is 179 Å². The number of fused-ring (bicyclic) bond motifs is 8. The van der Waals surface area contributed by atoms with Crippen LogP contribution in [0.15, 0.2) is 182 Å². The minimum Gasteiger partial charge on any atom is -0.309 e. The molecule has 3 heterocycles. The van der Waals surface area contributed by atoms with Crippen LogP contribution in [0.4, 0.5) is 0 Å². The van der Waals surface area contributed by atoms with Crippen molar-refractivity contribution in [2.45, 2.75) is 0 Å². The van der Waals surface area contributed by atoms with Crippen molar-refractivity contribution >= 4 is 65.3 Å². The van der Waals surface area contributed by atoms with Crippen molar-refractivity contribution < 1.29 is 0 Å². The molecule has 0 aliphatic carbocycles. The van der Waals surface area contributed by atoms with E-state index in [0.717, 1.165) is 38.9 Å². The third-order valence-corrected chi connectivity index (χ3v) is 10.5. The number of nitrogens with zero attached hydrogens (tertiary/aromatic N) is 4. The zero-order valence-corrected chi connectivity index (χ0v) is 28.1. The van der Waals surface area contributed by atoms with Crippen molar-refractivity contribution in [1.29, 1.82) is 0 Å². The highest BCUT2D eigenvalue weighted by atomic mass is 15.2. The van der Waals surface area contributed by atoms with Gasteiger partial charge in [-0.1, -0.05) is 121 Å². The minimum absolute atomic E-state index is 0.666. The molecule has 0 spiro atoms. The fraction of sp³-hybridized carbons (Fsp3) is 0. The molecular weight excluding hydrogens is 633 g/mol.